The fourth-order valence-electron chi connectivity index (χ4n) is 0.678. The Hall–Kier alpha value is 0.540. The third-order valence-electron chi connectivity index (χ3n) is 1.27. The normalized spacial score (nSPS) is 11.2. The molecular formula is C8H7Cl2PS2. The van der Waals surface area contributed by atoms with Crippen molar-refractivity contribution in [1.29, 1.82) is 0 Å². The van der Waals surface area contributed by atoms with Gasteiger partial charge in [0, 0.05) is 9.54 Å². The summed E-state index contributed by atoms with van der Waals surface area (Å²) in [5, 5.41) is 0. The van der Waals surface area contributed by atoms with Crippen molar-refractivity contribution < 1.29 is 0 Å². The van der Waals surface area contributed by atoms with Crippen molar-refractivity contribution in [2.75, 3.05) is 0 Å². The highest BCUT2D eigenvalue weighted by atomic mass is 35.9. The van der Waals surface area contributed by atoms with Crippen LogP contribution in [0.25, 0.3) is 0 Å². The third-order valence-corrected chi connectivity index (χ3v) is 6.52. The molecule has 0 radical (unpaired) electrons. The Balaban J connectivity index is 2.72. The molecule has 0 aliphatic heterocycles. The van der Waals surface area contributed by atoms with Crippen molar-refractivity contribution in [2.24, 2.45) is 0 Å². The third kappa shape index (κ3) is 4.05. The molecule has 0 fully saturated rings. The minimum absolute atomic E-state index is 0.664. The lowest BCUT2D eigenvalue weighted by Gasteiger charge is -2.07. The van der Waals surface area contributed by atoms with Gasteiger partial charge >= 0.3 is 0 Å². The Bertz CT molecular complexity index is 344. The van der Waals surface area contributed by atoms with Gasteiger partial charge in [0.2, 0.25) is 0 Å². The summed E-state index contributed by atoms with van der Waals surface area (Å²) >= 11 is 18.0. The molecule has 0 nitrogen and oxygen atoms in total. The number of halogens is 2. The van der Waals surface area contributed by atoms with Crippen LogP contribution >= 0.6 is 39.0 Å². The maximum absolute atomic E-state index is 5.80. The molecule has 1 rings (SSSR count). The van der Waals surface area contributed by atoms with Gasteiger partial charge in [-0.2, -0.15) is 0 Å². The van der Waals surface area contributed by atoms with Gasteiger partial charge in [0.25, 0.3) is 0 Å². The van der Waals surface area contributed by atoms with E-state index in [2.05, 4.69) is 6.58 Å². The molecule has 0 saturated carbocycles. The van der Waals surface area contributed by atoms with Gasteiger partial charge < -0.3 is 0 Å². The van der Waals surface area contributed by atoms with E-state index in [4.69, 9.17) is 34.3 Å². The van der Waals surface area contributed by atoms with Gasteiger partial charge in [0.1, 0.15) is 0 Å². The molecule has 5 heteroatoms. The van der Waals surface area contributed by atoms with E-state index in [0.717, 1.165) is 4.90 Å². The maximum Gasteiger partial charge on any atom is 0.152 e. The largest absolute Gasteiger partial charge is 0.152 e. The van der Waals surface area contributed by atoms with Crippen LogP contribution in [0.5, 0.6) is 0 Å². The van der Waals surface area contributed by atoms with Crippen LogP contribution < -0.4 is 0 Å². The second-order valence-electron chi connectivity index (χ2n) is 2.27. The highest BCUT2D eigenvalue weighted by Crippen LogP contribution is 2.67. The van der Waals surface area contributed by atoms with Crippen molar-refractivity contribution in [3.8, 4) is 0 Å². The van der Waals surface area contributed by atoms with Gasteiger partial charge in [-0.1, -0.05) is 70.8 Å². The molecule has 0 bridgehead atoms. The van der Waals surface area contributed by atoms with Gasteiger partial charge in [0.05, 0.1) is 0 Å². The summed E-state index contributed by atoms with van der Waals surface area (Å²) in [5.74, 6) is 0. The summed E-state index contributed by atoms with van der Waals surface area (Å²) < 4.78 is -1.71. The number of hydrogen-bond acceptors (Lipinski definition) is 2. The number of benzene rings is 1. The molecule has 0 unspecified atom stereocenters. The van der Waals surface area contributed by atoms with Crippen LogP contribution in [-0.4, -0.2) is 0 Å². The Labute approximate surface area is 96.9 Å². The van der Waals surface area contributed by atoms with Crippen LogP contribution in [-0.2, 0) is 11.8 Å². The standard InChI is InChI=1S/C8H7Cl2PS2/c1-7(11(9,10)12)13-8-5-3-2-4-6-8/h2-6H,1H2. The maximum atomic E-state index is 5.80. The smallest absolute Gasteiger partial charge is 0.0871 e. The molecular weight excluding hydrogens is 262 g/mol. The average Bonchev–Trinajstić information content (AvgIpc) is 2.04. The molecule has 0 aromatic heterocycles. The van der Waals surface area contributed by atoms with Crippen LogP contribution in [0.1, 0.15) is 0 Å². The molecule has 70 valence electrons. The summed E-state index contributed by atoms with van der Waals surface area (Å²) in [4.78, 5) is 1.06. The van der Waals surface area contributed by atoms with Crippen LogP contribution in [0.2, 0.25) is 0 Å². The van der Waals surface area contributed by atoms with Gasteiger partial charge in [0.15, 0.2) is 4.74 Å². The van der Waals surface area contributed by atoms with Crippen LogP contribution in [0.3, 0.4) is 0 Å². The van der Waals surface area contributed by atoms with Gasteiger partial charge in [-0.25, -0.2) is 0 Å². The molecule has 13 heavy (non-hydrogen) atoms. The Morgan fingerprint density at radius 2 is 1.85 bits per heavy atom. The van der Waals surface area contributed by atoms with Crippen molar-refractivity contribution in [3.63, 3.8) is 0 Å². The van der Waals surface area contributed by atoms with Crippen molar-refractivity contribution in [2.45, 2.75) is 4.90 Å². The first-order valence-electron chi connectivity index (χ1n) is 3.42. The average molecular weight is 269 g/mol. The van der Waals surface area contributed by atoms with Crippen molar-refractivity contribution in [3.05, 3.63) is 41.6 Å². The highest BCUT2D eigenvalue weighted by molar-refractivity contribution is 8.45. The molecule has 0 saturated heterocycles. The molecule has 0 amide bonds. The first-order chi connectivity index (χ1) is 6.00. The Kier molecular flexibility index (Phi) is 4.34. The first-order valence-corrected chi connectivity index (χ1v) is 8.85. The minimum Gasteiger partial charge on any atom is -0.0871 e. The predicted molar refractivity (Wildman–Crippen MR) is 67.4 cm³/mol. The predicted octanol–water partition coefficient (Wildman–Crippen LogP) is 5.04. The van der Waals surface area contributed by atoms with E-state index < -0.39 is 4.74 Å². The van der Waals surface area contributed by atoms with E-state index in [9.17, 15) is 0 Å². The van der Waals surface area contributed by atoms with E-state index in [1.807, 2.05) is 30.3 Å². The lowest BCUT2D eigenvalue weighted by atomic mass is 10.4. The Morgan fingerprint density at radius 3 is 2.31 bits per heavy atom. The van der Waals surface area contributed by atoms with Gasteiger partial charge in [-0.15, -0.1) is 0 Å². The summed E-state index contributed by atoms with van der Waals surface area (Å²) in [6, 6.07) is 9.77. The lowest BCUT2D eigenvalue weighted by molar-refractivity contribution is 1.47. The van der Waals surface area contributed by atoms with Crippen LogP contribution in [0.15, 0.2) is 46.5 Å². The topological polar surface area (TPSA) is 0 Å². The molecule has 0 spiro atoms. The van der Waals surface area contributed by atoms with Crippen LogP contribution in [0, 0.1) is 0 Å². The molecule has 0 N–H and O–H groups in total. The quantitative estimate of drug-likeness (QED) is 0.557. The molecule has 1 aromatic rings. The number of hydrogen-bond donors (Lipinski definition) is 0. The number of thioether (sulfide) groups is 1. The summed E-state index contributed by atoms with van der Waals surface area (Å²) in [6.07, 6.45) is 0. The second kappa shape index (κ2) is 4.86. The molecule has 1 aromatic carbocycles. The second-order valence-corrected chi connectivity index (χ2v) is 11.6. The number of rotatable bonds is 3. The van der Waals surface area contributed by atoms with E-state index in [1.54, 1.807) is 0 Å². The summed E-state index contributed by atoms with van der Waals surface area (Å²) in [6.45, 7) is 3.77. The fourth-order valence-corrected chi connectivity index (χ4v) is 2.94. The zero-order chi connectivity index (χ0) is 9.90. The zero-order valence-corrected chi connectivity index (χ0v) is 10.7. The Morgan fingerprint density at radius 1 is 1.31 bits per heavy atom. The van der Waals surface area contributed by atoms with E-state index in [0.29, 0.717) is 4.65 Å². The SMILES string of the molecule is C=C(Sc1ccccc1)P(=S)(Cl)Cl. The molecule has 0 aliphatic rings. The van der Waals surface area contributed by atoms with E-state index >= 15 is 0 Å². The molecule has 0 heterocycles. The molecule has 0 atom stereocenters. The van der Waals surface area contributed by atoms with Gasteiger partial charge in [-0.3, -0.25) is 0 Å². The minimum atomic E-state index is -2.38. The van der Waals surface area contributed by atoms with Gasteiger partial charge in [-0.05, 0) is 12.1 Å². The first kappa shape index (κ1) is 11.6. The van der Waals surface area contributed by atoms with E-state index in [-0.39, 0.29) is 0 Å². The highest BCUT2D eigenvalue weighted by Gasteiger charge is 2.14. The fraction of sp³-hybridized carbons (Fsp3) is 0. The van der Waals surface area contributed by atoms with Crippen molar-refractivity contribution in [1.82, 2.24) is 0 Å². The summed E-state index contributed by atoms with van der Waals surface area (Å²) in [5.41, 5.74) is 0. The van der Waals surface area contributed by atoms with Crippen LogP contribution in [0.4, 0.5) is 0 Å². The summed E-state index contributed by atoms with van der Waals surface area (Å²) in [7, 11) is 0. The zero-order valence-electron chi connectivity index (χ0n) is 6.61. The van der Waals surface area contributed by atoms with E-state index in [1.165, 1.54) is 11.8 Å². The monoisotopic (exact) mass is 268 g/mol. The molecule has 0 aliphatic carbocycles. The lowest BCUT2D eigenvalue weighted by Crippen LogP contribution is -1.69. The van der Waals surface area contributed by atoms with Crippen molar-refractivity contribution >= 4 is 50.8 Å².